The van der Waals surface area contributed by atoms with Crippen molar-refractivity contribution in [1.29, 1.82) is 0 Å². The van der Waals surface area contributed by atoms with Gasteiger partial charge in [-0.3, -0.25) is 4.99 Å². The minimum atomic E-state index is 0.135. The number of nitrogens with zero attached hydrogens (tertiary/aromatic N) is 1. The quantitative estimate of drug-likeness (QED) is 0.883. The van der Waals surface area contributed by atoms with Crippen LogP contribution in [0, 0.1) is 5.41 Å². The molecule has 2 aliphatic rings. The fraction of sp³-hybridized carbons (Fsp3) is 0.409. The standard InChI is InChI=1S/C22H27N3O/c1-26-16-19-8-3-2-7-18(19)15-24-21-22(10-12-23-13-11-22)14-17-6-4-5-9-20(17)25-21/h2-9,23H,10-16H2,1H3,(H,24,25). The first kappa shape index (κ1) is 17.3. The Morgan fingerprint density at radius 2 is 1.73 bits per heavy atom. The maximum absolute atomic E-state index is 5.34. The summed E-state index contributed by atoms with van der Waals surface area (Å²) >= 11 is 0. The van der Waals surface area contributed by atoms with Gasteiger partial charge in [0, 0.05) is 18.2 Å². The molecule has 1 spiro atoms. The average Bonchev–Trinajstić information content (AvgIpc) is 2.68. The molecular weight excluding hydrogens is 322 g/mol. The molecular formula is C22H27N3O. The molecule has 0 bridgehead atoms. The number of piperidine rings is 1. The van der Waals surface area contributed by atoms with E-state index in [-0.39, 0.29) is 5.41 Å². The van der Waals surface area contributed by atoms with E-state index in [0.717, 1.165) is 38.2 Å². The molecule has 1 fully saturated rings. The zero-order chi connectivity index (χ0) is 17.8. The summed E-state index contributed by atoms with van der Waals surface area (Å²) in [5, 5.41) is 7.17. The highest BCUT2D eigenvalue weighted by Gasteiger charge is 2.40. The number of hydrogen-bond donors (Lipinski definition) is 2. The summed E-state index contributed by atoms with van der Waals surface area (Å²) in [5.41, 5.74) is 5.21. The third kappa shape index (κ3) is 3.39. The number of methoxy groups -OCH3 is 1. The summed E-state index contributed by atoms with van der Waals surface area (Å²) in [6, 6.07) is 17.1. The second kappa shape index (κ2) is 7.60. The van der Waals surface area contributed by atoms with Gasteiger partial charge >= 0.3 is 0 Å². The van der Waals surface area contributed by atoms with Crippen LogP contribution in [0.2, 0.25) is 0 Å². The lowest BCUT2D eigenvalue weighted by atomic mass is 9.71. The van der Waals surface area contributed by atoms with Gasteiger partial charge in [-0.15, -0.1) is 0 Å². The van der Waals surface area contributed by atoms with Gasteiger partial charge in [0.15, 0.2) is 0 Å². The van der Waals surface area contributed by atoms with Crippen molar-refractivity contribution in [2.24, 2.45) is 10.4 Å². The molecule has 4 heteroatoms. The minimum Gasteiger partial charge on any atom is -0.380 e. The fourth-order valence-corrected chi connectivity index (χ4v) is 4.20. The highest BCUT2D eigenvalue weighted by atomic mass is 16.5. The Hall–Kier alpha value is -2.17. The van der Waals surface area contributed by atoms with Crippen LogP contribution in [-0.2, 0) is 24.3 Å². The van der Waals surface area contributed by atoms with Crippen molar-refractivity contribution < 1.29 is 4.74 Å². The van der Waals surface area contributed by atoms with Crippen LogP contribution in [0.5, 0.6) is 0 Å². The van der Waals surface area contributed by atoms with Crippen LogP contribution < -0.4 is 10.6 Å². The molecule has 0 amide bonds. The van der Waals surface area contributed by atoms with Gasteiger partial charge in [-0.25, -0.2) is 0 Å². The van der Waals surface area contributed by atoms with E-state index in [9.17, 15) is 0 Å². The Morgan fingerprint density at radius 3 is 2.54 bits per heavy atom. The number of fused-ring (bicyclic) bond motifs is 1. The average molecular weight is 349 g/mol. The highest BCUT2D eigenvalue weighted by Crippen LogP contribution is 2.40. The molecule has 2 heterocycles. The number of aliphatic imine (C=N–C) groups is 1. The van der Waals surface area contributed by atoms with Crippen LogP contribution in [0.15, 0.2) is 53.5 Å². The molecule has 26 heavy (non-hydrogen) atoms. The van der Waals surface area contributed by atoms with Crippen molar-refractivity contribution in [2.75, 3.05) is 25.5 Å². The van der Waals surface area contributed by atoms with Crippen molar-refractivity contribution in [3.05, 3.63) is 65.2 Å². The third-order valence-corrected chi connectivity index (χ3v) is 5.69. The molecule has 0 saturated carbocycles. The number of hydrogen-bond acceptors (Lipinski definition) is 3. The summed E-state index contributed by atoms with van der Waals surface area (Å²) < 4.78 is 5.34. The van der Waals surface area contributed by atoms with Crippen molar-refractivity contribution in [1.82, 2.24) is 5.32 Å². The smallest absolute Gasteiger partial charge is 0.108 e. The Labute approximate surface area is 155 Å². The maximum atomic E-state index is 5.34. The largest absolute Gasteiger partial charge is 0.380 e. The number of benzene rings is 2. The molecule has 0 radical (unpaired) electrons. The molecule has 136 valence electrons. The fourth-order valence-electron chi connectivity index (χ4n) is 4.20. The topological polar surface area (TPSA) is 45.6 Å². The lowest BCUT2D eigenvalue weighted by Gasteiger charge is -2.43. The Kier molecular flexibility index (Phi) is 5.05. The normalized spacial score (nSPS) is 20.0. The van der Waals surface area contributed by atoms with Gasteiger partial charge in [0.25, 0.3) is 0 Å². The van der Waals surface area contributed by atoms with Gasteiger partial charge < -0.3 is 15.4 Å². The van der Waals surface area contributed by atoms with Gasteiger partial charge in [-0.05, 0) is 55.1 Å². The summed E-state index contributed by atoms with van der Waals surface area (Å²) in [6.07, 6.45) is 3.34. The summed E-state index contributed by atoms with van der Waals surface area (Å²) in [6.45, 7) is 3.44. The number of nitrogens with one attached hydrogen (secondary N) is 2. The number of rotatable bonds is 4. The Balaban J connectivity index is 1.65. The van der Waals surface area contributed by atoms with E-state index < -0.39 is 0 Å². The van der Waals surface area contributed by atoms with Gasteiger partial charge in [-0.1, -0.05) is 42.5 Å². The third-order valence-electron chi connectivity index (χ3n) is 5.69. The Morgan fingerprint density at radius 1 is 1.00 bits per heavy atom. The molecule has 4 nitrogen and oxygen atoms in total. The van der Waals surface area contributed by atoms with Crippen LogP contribution in [0.25, 0.3) is 0 Å². The number of amidine groups is 1. The molecule has 2 aromatic rings. The van der Waals surface area contributed by atoms with Gasteiger partial charge in [0.1, 0.15) is 5.84 Å². The predicted octanol–water partition coefficient (Wildman–Crippen LogP) is 3.77. The SMILES string of the molecule is COCc1ccccc1CN=C1Nc2ccccc2CC12CCNCC2. The van der Waals surface area contributed by atoms with Crippen LogP contribution >= 0.6 is 0 Å². The van der Waals surface area contributed by atoms with Crippen LogP contribution in [0.4, 0.5) is 5.69 Å². The lowest BCUT2D eigenvalue weighted by Crippen LogP contribution is -2.48. The van der Waals surface area contributed by atoms with Crippen molar-refractivity contribution in [3.63, 3.8) is 0 Å². The van der Waals surface area contributed by atoms with Crippen molar-refractivity contribution in [2.45, 2.75) is 32.4 Å². The molecule has 2 aliphatic heterocycles. The maximum Gasteiger partial charge on any atom is 0.108 e. The van der Waals surface area contributed by atoms with Crippen LogP contribution in [0.1, 0.15) is 29.5 Å². The first-order valence-electron chi connectivity index (χ1n) is 9.47. The number of anilines is 1. The van der Waals surface area contributed by atoms with Crippen LogP contribution in [-0.4, -0.2) is 26.0 Å². The highest BCUT2D eigenvalue weighted by molar-refractivity contribution is 6.02. The summed E-state index contributed by atoms with van der Waals surface area (Å²) in [5.74, 6) is 1.16. The lowest BCUT2D eigenvalue weighted by molar-refractivity contribution is 0.184. The number of para-hydroxylation sites is 1. The van der Waals surface area contributed by atoms with Gasteiger partial charge in [-0.2, -0.15) is 0 Å². The van der Waals surface area contributed by atoms with E-state index >= 15 is 0 Å². The van der Waals surface area contributed by atoms with Gasteiger partial charge in [0.05, 0.1) is 13.2 Å². The van der Waals surface area contributed by atoms with E-state index in [0.29, 0.717) is 13.2 Å². The molecule has 0 aliphatic carbocycles. The van der Waals surface area contributed by atoms with E-state index in [1.54, 1.807) is 7.11 Å². The molecule has 0 aromatic heterocycles. The monoisotopic (exact) mass is 349 g/mol. The molecule has 1 saturated heterocycles. The minimum absolute atomic E-state index is 0.135. The first-order valence-corrected chi connectivity index (χ1v) is 9.47. The first-order chi connectivity index (χ1) is 12.8. The van der Waals surface area contributed by atoms with Crippen LogP contribution in [0.3, 0.4) is 0 Å². The van der Waals surface area contributed by atoms with Crippen molar-refractivity contribution >= 4 is 11.5 Å². The molecule has 2 aromatic carbocycles. The zero-order valence-corrected chi connectivity index (χ0v) is 15.4. The Bertz CT molecular complexity index is 793. The van der Waals surface area contributed by atoms with E-state index in [1.807, 2.05) is 0 Å². The number of ether oxygens (including phenoxy) is 1. The molecule has 2 N–H and O–H groups in total. The van der Waals surface area contributed by atoms with Gasteiger partial charge in [0.2, 0.25) is 0 Å². The molecule has 4 rings (SSSR count). The second-order valence-electron chi connectivity index (χ2n) is 7.36. The zero-order valence-electron chi connectivity index (χ0n) is 15.4. The summed E-state index contributed by atoms with van der Waals surface area (Å²) in [4.78, 5) is 5.09. The molecule has 0 atom stereocenters. The molecule has 0 unspecified atom stereocenters. The summed E-state index contributed by atoms with van der Waals surface area (Å²) in [7, 11) is 1.74. The second-order valence-corrected chi connectivity index (χ2v) is 7.36. The van der Waals surface area contributed by atoms with E-state index in [2.05, 4.69) is 59.2 Å². The van der Waals surface area contributed by atoms with E-state index in [4.69, 9.17) is 9.73 Å². The van der Waals surface area contributed by atoms with E-state index in [1.165, 1.54) is 22.4 Å². The predicted molar refractivity (Wildman–Crippen MR) is 107 cm³/mol. The van der Waals surface area contributed by atoms with Crippen molar-refractivity contribution in [3.8, 4) is 0 Å².